The molecule has 0 saturated carbocycles. The Bertz CT molecular complexity index is 456. The Labute approximate surface area is 77.2 Å². The van der Waals surface area contributed by atoms with Gasteiger partial charge in [-0.05, 0) is 27.7 Å². The van der Waals surface area contributed by atoms with Gasteiger partial charge in [-0.25, -0.2) is 9.97 Å². The largest absolute Gasteiger partial charge is 0.222 e. The molecule has 2 bridgehead atoms. The first-order valence-corrected chi connectivity index (χ1v) is 5.70. The van der Waals surface area contributed by atoms with Crippen LogP contribution in [0.15, 0.2) is 34.4 Å². The summed E-state index contributed by atoms with van der Waals surface area (Å²) in [5.41, 5.74) is 1.05. The Balaban J connectivity index is 2.52. The third kappa shape index (κ3) is 0.850. The first-order chi connectivity index (χ1) is 5.93. The molecule has 12 heavy (non-hydrogen) atoms. The zero-order chi connectivity index (χ0) is 7.97. The van der Waals surface area contributed by atoms with Gasteiger partial charge in [-0.3, -0.25) is 0 Å². The van der Waals surface area contributed by atoms with Gasteiger partial charge in [0.05, 0.1) is 5.52 Å². The minimum Gasteiger partial charge on any atom is -0.222 e. The van der Waals surface area contributed by atoms with Gasteiger partial charge in [0.2, 0.25) is 0 Å². The van der Waals surface area contributed by atoms with E-state index in [0.29, 0.717) is 0 Å². The molecule has 0 unspecified atom stereocenters. The molecule has 3 rings (SSSR count). The summed E-state index contributed by atoms with van der Waals surface area (Å²) in [7, 11) is 3.32. The van der Waals surface area contributed by atoms with Gasteiger partial charge < -0.3 is 0 Å². The second-order valence-electron chi connectivity index (χ2n) is 2.50. The Kier molecular flexibility index (Phi) is 1.33. The summed E-state index contributed by atoms with van der Waals surface area (Å²) < 4.78 is 0. The Hall–Kier alpha value is -0.740. The van der Waals surface area contributed by atoms with E-state index >= 15 is 0 Å². The third-order valence-corrected chi connectivity index (χ3v) is 3.80. The van der Waals surface area contributed by atoms with E-state index in [2.05, 4.69) is 16.0 Å². The fraction of sp³-hybridized carbons (Fsp3) is 0. The molecule has 0 N–H and O–H groups in total. The van der Waals surface area contributed by atoms with E-state index in [0.717, 1.165) is 21.1 Å². The maximum atomic E-state index is 4.38. The maximum absolute atomic E-state index is 4.38. The molecular formula is C8H4N2S2. The van der Waals surface area contributed by atoms with Crippen molar-refractivity contribution in [3.63, 3.8) is 0 Å². The second kappa shape index (κ2) is 2.37. The lowest BCUT2D eigenvalue weighted by molar-refractivity contribution is 0.948. The van der Waals surface area contributed by atoms with Crippen LogP contribution >= 0.6 is 21.6 Å². The molecule has 4 heteroatoms. The molecule has 0 saturated heterocycles. The van der Waals surface area contributed by atoms with E-state index in [9.17, 15) is 0 Å². The zero-order valence-electron chi connectivity index (χ0n) is 6.02. The van der Waals surface area contributed by atoms with Crippen LogP contribution in [0, 0.1) is 0 Å². The third-order valence-electron chi connectivity index (χ3n) is 1.74. The quantitative estimate of drug-likeness (QED) is 0.364. The van der Waals surface area contributed by atoms with Gasteiger partial charge >= 0.3 is 0 Å². The highest BCUT2D eigenvalue weighted by Crippen LogP contribution is 2.44. The van der Waals surface area contributed by atoms with Gasteiger partial charge in [0.1, 0.15) is 5.03 Å². The molecule has 0 radical (unpaired) electrons. The van der Waals surface area contributed by atoms with E-state index in [1.54, 1.807) is 21.6 Å². The number of hydrogen-bond donors (Lipinski definition) is 0. The normalized spacial score (nSPS) is 14.0. The molecule has 1 aromatic carbocycles. The van der Waals surface area contributed by atoms with Crippen molar-refractivity contribution in [1.29, 1.82) is 0 Å². The average molecular weight is 192 g/mol. The standard InChI is InChI=1S/C8H4N2S2/c1-2-4-6-5(3-1)7-10-8(9-6)12-11-7/h1-4H. The number of benzene rings is 1. The van der Waals surface area contributed by atoms with Crippen molar-refractivity contribution in [3.8, 4) is 0 Å². The summed E-state index contributed by atoms with van der Waals surface area (Å²) in [6.07, 6.45) is 0. The van der Waals surface area contributed by atoms with Crippen LogP contribution in [0.1, 0.15) is 0 Å². The predicted octanol–water partition coefficient (Wildman–Crippen LogP) is 2.74. The minimum atomic E-state index is 0.883. The van der Waals surface area contributed by atoms with E-state index in [-0.39, 0.29) is 0 Å². The van der Waals surface area contributed by atoms with Crippen LogP contribution in [0.3, 0.4) is 0 Å². The van der Waals surface area contributed by atoms with Gasteiger partial charge in [-0.2, -0.15) is 0 Å². The smallest absolute Gasteiger partial charge is 0.200 e. The van der Waals surface area contributed by atoms with Crippen molar-refractivity contribution < 1.29 is 0 Å². The van der Waals surface area contributed by atoms with Crippen LogP contribution in [-0.2, 0) is 0 Å². The lowest BCUT2D eigenvalue weighted by atomic mass is 10.2. The Morgan fingerprint density at radius 1 is 1.00 bits per heavy atom. The zero-order valence-corrected chi connectivity index (χ0v) is 7.65. The monoisotopic (exact) mass is 192 g/mol. The van der Waals surface area contributed by atoms with Gasteiger partial charge in [0, 0.05) is 5.39 Å². The Morgan fingerprint density at radius 2 is 1.92 bits per heavy atom. The first-order valence-electron chi connectivity index (χ1n) is 3.55. The number of nitrogens with zero attached hydrogens (tertiary/aromatic N) is 2. The summed E-state index contributed by atoms with van der Waals surface area (Å²) in [5, 5.41) is 3.14. The molecule has 1 aliphatic heterocycles. The number of para-hydroxylation sites is 1. The highest BCUT2D eigenvalue weighted by atomic mass is 33.1. The van der Waals surface area contributed by atoms with Crippen LogP contribution in [0.5, 0.6) is 0 Å². The summed E-state index contributed by atoms with van der Waals surface area (Å²) in [5.74, 6) is 0. The van der Waals surface area contributed by atoms with Crippen LogP contribution in [0.4, 0.5) is 0 Å². The SMILES string of the molecule is c1ccc2c3nc(nc2c1)SS3. The van der Waals surface area contributed by atoms with Crippen molar-refractivity contribution in [2.24, 2.45) is 0 Å². The molecular weight excluding hydrogens is 188 g/mol. The van der Waals surface area contributed by atoms with Crippen LogP contribution in [0.2, 0.25) is 0 Å². The number of aromatic nitrogens is 2. The van der Waals surface area contributed by atoms with Crippen LogP contribution < -0.4 is 0 Å². The topological polar surface area (TPSA) is 25.8 Å². The first kappa shape index (κ1) is 6.74. The maximum Gasteiger partial charge on any atom is 0.200 e. The molecule has 0 fully saturated rings. The number of hydrogen-bond acceptors (Lipinski definition) is 4. The fourth-order valence-electron chi connectivity index (χ4n) is 1.20. The minimum absolute atomic E-state index is 0.883. The molecule has 2 heterocycles. The van der Waals surface area contributed by atoms with Crippen molar-refractivity contribution >= 4 is 32.5 Å². The van der Waals surface area contributed by atoms with Crippen molar-refractivity contribution in [1.82, 2.24) is 9.97 Å². The molecule has 2 nitrogen and oxygen atoms in total. The molecule has 0 aliphatic carbocycles. The highest BCUT2D eigenvalue weighted by molar-refractivity contribution is 8.77. The van der Waals surface area contributed by atoms with Gasteiger partial charge in [0.25, 0.3) is 0 Å². The number of fused-ring (bicyclic) bond motifs is 4. The molecule has 2 aromatic rings. The lowest BCUT2D eigenvalue weighted by Crippen LogP contribution is -1.83. The van der Waals surface area contributed by atoms with E-state index < -0.39 is 0 Å². The molecule has 1 aliphatic rings. The summed E-state index contributed by atoms with van der Waals surface area (Å²) in [6, 6.07) is 8.11. The molecule has 0 spiro atoms. The Morgan fingerprint density at radius 3 is 2.92 bits per heavy atom. The van der Waals surface area contributed by atoms with Gasteiger partial charge in [-0.1, -0.05) is 18.2 Å². The lowest BCUT2D eigenvalue weighted by Gasteiger charge is -1.94. The summed E-state index contributed by atoms with van der Waals surface area (Å²) >= 11 is 0. The van der Waals surface area contributed by atoms with E-state index in [4.69, 9.17) is 0 Å². The van der Waals surface area contributed by atoms with E-state index in [1.165, 1.54) is 0 Å². The van der Waals surface area contributed by atoms with Crippen molar-refractivity contribution in [3.05, 3.63) is 24.3 Å². The molecule has 1 aromatic heterocycles. The van der Waals surface area contributed by atoms with Crippen LogP contribution in [0.25, 0.3) is 10.9 Å². The van der Waals surface area contributed by atoms with Crippen molar-refractivity contribution in [2.75, 3.05) is 0 Å². The average Bonchev–Trinajstić information content (AvgIpc) is 2.49. The van der Waals surface area contributed by atoms with Gasteiger partial charge in [0.15, 0.2) is 5.16 Å². The second-order valence-corrected chi connectivity index (χ2v) is 4.58. The molecule has 58 valence electrons. The highest BCUT2D eigenvalue weighted by Gasteiger charge is 2.15. The van der Waals surface area contributed by atoms with Crippen LogP contribution in [-0.4, -0.2) is 9.97 Å². The van der Waals surface area contributed by atoms with Gasteiger partial charge in [-0.15, -0.1) is 0 Å². The summed E-state index contributed by atoms with van der Waals surface area (Å²) in [6.45, 7) is 0. The molecule has 0 atom stereocenters. The number of rotatable bonds is 0. The molecule has 0 amide bonds. The van der Waals surface area contributed by atoms with Crippen molar-refractivity contribution in [2.45, 2.75) is 10.2 Å². The summed E-state index contributed by atoms with van der Waals surface area (Å²) in [4.78, 5) is 8.70. The van der Waals surface area contributed by atoms with E-state index in [1.807, 2.05) is 18.2 Å². The fourth-order valence-corrected chi connectivity index (χ4v) is 3.13. The predicted molar refractivity (Wildman–Crippen MR) is 51.3 cm³/mol.